The molecule has 1 atom stereocenters. The Kier molecular flexibility index (Phi) is 6.33. The fourth-order valence-corrected chi connectivity index (χ4v) is 3.15. The van der Waals surface area contributed by atoms with E-state index in [0.717, 1.165) is 16.4 Å². The van der Waals surface area contributed by atoms with Gasteiger partial charge in [-0.2, -0.15) is 5.10 Å². The summed E-state index contributed by atoms with van der Waals surface area (Å²) in [6.07, 6.45) is 1.70. The summed E-state index contributed by atoms with van der Waals surface area (Å²) in [5.74, 6) is 0.402. The number of hydrogen-bond acceptors (Lipinski definition) is 5. The van der Waals surface area contributed by atoms with E-state index in [0.29, 0.717) is 19.1 Å². The van der Waals surface area contributed by atoms with Crippen molar-refractivity contribution in [2.75, 3.05) is 20.8 Å². The van der Waals surface area contributed by atoms with Gasteiger partial charge in [-0.3, -0.25) is 4.68 Å². The molecule has 8 heteroatoms. The average molecular weight is 351 g/mol. The first-order chi connectivity index (χ1) is 11.4. The molecular formula is C16H25N5O2S. The molecule has 0 spiro atoms. The minimum atomic E-state index is -0.251. The van der Waals surface area contributed by atoms with Crippen molar-refractivity contribution in [1.82, 2.24) is 25.0 Å². The number of urea groups is 1. The molecule has 0 aliphatic carbocycles. The molecule has 24 heavy (non-hydrogen) atoms. The quantitative estimate of drug-likeness (QED) is 0.832. The molecule has 0 aromatic carbocycles. The van der Waals surface area contributed by atoms with E-state index in [4.69, 9.17) is 4.74 Å². The first-order valence-electron chi connectivity index (χ1n) is 7.85. The number of hydrogen-bond donors (Lipinski definition) is 1. The van der Waals surface area contributed by atoms with Crippen molar-refractivity contribution in [2.24, 2.45) is 7.05 Å². The van der Waals surface area contributed by atoms with Gasteiger partial charge < -0.3 is 15.0 Å². The van der Waals surface area contributed by atoms with Gasteiger partial charge in [0, 0.05) is 38.7 Å². The predicted octanol–water partition coefficient (Wildman–Crippen LogP) is 2.53. The lowest BCUT2D eigenvalue weighted by molar-refractivity contribution is 0.154. The van der Waals surface area contributed by atoms with Crippen LogP contribution in [0.2, 0.25) is 0 Å². The van der Waals surface area contributed by atoms with Crippen LogP contribution < -0.4 is 5.32 Å². The van der Waals surface area contributed by atoms with Gasteiger partial charge in [0.05, 0.1) is 35.6 Å². The van der Waals surface area contributed by atoms with Gasteiger partial charge in [-0.05, 0) is 6.07 Å². The summed E-state index contributed by atoms with van der Waals surface area (Å²) in [4.78, 5) is 18.7. The maximum absolute atomic E-state index is 12.5. The summed E-state index contributed by atoms with van der Waals surface area (Å²) in [5, 5.41) is 10.2. The van der Waals surface area contributed by atoms with Crippen LogP contribution in [0.5, 0.6) is 0 Å². The molecule has 0 aliphatic heterocycles. The number of methoxy groups -OCH3 is 1. The molecule has 2 rings (SSSR count). The number of nitrogens with one attached hydrogen (secondary N) is 1. The zero-order chi connectivity index (χ0) is 17.7. The normalized spacial score (nSPS) is 12.4. The Hall–Kier alpha value is -1.93. The highest BCUT2D eigenvalue weighted by Gasteiger charge is 2.20. The van der Waals surface area contributed by atoms with E-state index in [1.807, 2.05) is 18.5 Å². The van der Waals surface area contributed by atoms with Crippen LogP contribution in [-0.4, -0.2) is 46.5 Å². The SMILES string of the molecule is COC[C@@H](NC(=O)N(C)Cc1csc(C(C)C)n1)c1ccnn1C. The topological polar surface area (TPSA) is 72.3 Å². The number of rotatable bonds is 7. The van der Waals surface area contributed by atoms with E-state index in [-0.39, 0.29) is 12.1 Å². The number of nitrogens with zero attached hydrogens (tertiary/aromatic N) is 4. The molecule has 7 nitrogen and oxygen atoms in total. The molecule has 0 bridgehead atoms. The van der Waals surface area contributed by atoms with Gasteiger partial charge in [0.1, 0.15) is 0 Å². The van der Waals surface area contributed by atoms with Crippen LogP contribution in [0.25, 0.3) is 0 Å². The molecule has 0 saturated carbocycles. The Morgan fingerprint density at radius 1 is 1.50 bits per heavy atom. The Morgan fingerprint density at radius 2 is 2.25 bits per heavy atom. The van der Waals surface area contributed by atoms with Crippen LogP contribution in [-0.2, 0) is 18.3 Å². The number of carbonyl (C=O) groups excluding carboxylic acids is 1. The van der Waals surface area contributed by atoms with Crippen LogP contribution in [0.15, 0.2) is 17.6 Å². The van der Waals surface area contributed by atoms with E-state index >= 15 is 0 Å². The molecular weight excluding hydrogens is 326 g/mol. The first-order valence-corrected chi connectivity index (χ1v) is 8.73. The lowest BCUT2D eigenvalue weighted by Gasteiger charge is -2.23. The lowest BCUT2D eigenvalue weighted by atomic mass is 10.2. The highest BCUT2D eigenvalue weighted by molar-refractivity contribution is 7.09. The second-order valence-electron chi connectivity index (χ2n) is 6.02. The van der Waals surface area contributed by atoms with Gasteiger partial charge >= 0.3 is 6.03 Å². The van der Waals surface area contributed by atoms with Gasteiger partial charge in [0.25, 0.3) is 0 Å². The average Bonchev–Trinajstić information content (AvgIpc) is 3.15. The number of aromatic nitrogens is 3. The van der Waals surface area contributed by atoms with Crippen LogP contribution in [0.1, 0.15) is 42.2 Å². The summed E-state index contributed by atoms with van der Waals surface area (Å²) in [5.41, 5.74) is 1.81. The van der Waals surface area contributed by atoms with Crippen LogP contribution in [0.3, 0.4) is 0 Å². The lowest BCUT2D eigenvalue weighted by Crippen LogP contribution is -2.41. The summed E-state index contributed by atoms with van der Waals surface area (Å²) >= 11 is 1.63. The number of carbonyl (C=O) groups is 1. The monoisotopic (exact) mass is 351 g/mol. The Balaban J connectivity index is 1.99. The van der Waals surface area contributed by atoms with Crippen molar-refractivity contribution in [3.8, 4) is 0 Å². The van der Waals surface area contributed by atoms with E-state index < -0.39 is 0 Å². The van der Waals surface area contributed by atoms with E-state index in [1.54, 1.807) is 41.3 Å². The predicted molar refractivity (Wildman–Crippen MR) is 94.0 cm³/mol. The Bertz CT molecular complexity index is 667. The molecule has 132 valence electrons. The third-order valence-corrected chi connectivity index (χ3v) is 4.85. The molecule has 2 heterocycles. The van der Waals surface area contributed by atoms with Gasteiger partial charge in [-0.1, -0.05) is 13.8 Å². The number of aryl methyl sites for hydroxylation is 1. The maximum Gasteiger partial charge on any atom is 0.318 e. The standard InChI is InChI=1S/C16H25N5O2S/c1-11(2)15-18-12(10-24-15)8-20(3)16(22)19-13(9-23-5)14-6-7-17-21(14)4/h6-7,10-11,13H,8-9H2,1-5H3,(H,19,22)/t13-/m1/s1. The van der Waals surface area contributed by atoms with E-state index in [9.17, 15) is 4.79 Å². The Labute approximate surface area is 146 Å². The smallest absolute Gasteiger partial charge is 0.318 e. The third-order valence-electron chi connectivity index (χ3n) is 3.66. The summed E-state index contributed by atoms with van der Waals surface area (Å²) in [6, 6.07) is 1.45. The van der Waals surface area contributed by atoms with Gasteiger partial charge in [0.15, 0.2) is 0 Å². The van der Waals surface area contributed by atoms with Crippen LogP contribution in [0.4, 0.5) is 4.79 Å². The minimum absolute atomic E-state index is 0.169. The second-order valence-corrected chi connectivity index (χ2v) is 6.91. The molecule has 2 aromatic rings. The molecule has 0 aliphatic rings. The number of amides is 2. The molecule has 1 N–H and O–H groups in total. The zero-order valence-electron chi connectivity index (χ0n) is 14.8. The molecule has 2 aromatic heterocycles. The summed E-state index contributed by atoms with van der Waals surface area (Å²) in [6.45, 7) is 5.08. The maximum atomic E-state index is 12.5. The van der Waals surface area contributed by atoms with Crippen molar-refractivity contribution < 1.29 is 9.53 Å². The van der Waals surface area contributed by atoms with E-state index in [1.165, 1.54) is 0 Å². The van der Waals surface area contributed by atoms with Crippen molar-refractivity contribution in [3.05, 3.63) is 34.0 Å². The van der Waals surface area contributed by atoms with Gasteiger partial charge in [-0.15, -0.1) is 11.3 Å². The molecule has 0 saturated heterocycles. The first kappa shape index (κ1) is 18.4. The highest BCUT2D eigenvalue weighted by Crippen LogP contribution is 2.20. The molecule has 0 radical (unpaired) electrons. The largest absolute Gasteiger partial charge is 0.382 e. The molecule has 0 fully saturated rings. The Morgan fingerprint density at radius 3 is 2.79 bits per heavy atom. The van der Waals surface area contributed by atoms with Crippen molar-refractivity contribution in [1.29, 1.82) is 0 Å². The van der Waals surface area contributed by atoms with E-state index in [2.05, 4.69) is 29.2 Å². The number of ether oxygens (including phenoxy) is 1. The summed E-state index contributed by atoms with van der Waals surface area (Å²) in [7, 11) is 5.22. The fraction of sp³-hybridized carbons (Fsp3) is 0.562. The zero-order valence-corrected chi connectivity index (χ0v) is 15.6. The summed E-state index contributed by atoms with van der Waals surface area (Å²) < 4.78 is 6.96. The van der Waals surface area contributed by atoms with Crippen molar-refractivity contribution >= 4 is 17.4 Å². The van der Waals surface area contributed by atoms with Gasteiger partial charge in [0.2, 0.25) is 0 Å². The third kappa shape index (κ3) is 4.55. The van der Waals surface area contributed by atoms with Gasteiger partial charge in [-0.25, -0.2) is 9.78 Å². The second kappa shape index (κ2) is 8.25. The molecule has 2 amide bonds. The fourth-order valence-electron chi connectivity index (χ4n) is 2.33. The number of thiazole rings is 1. The van der Waals surface area contributed by atoms with Crippen molar-refractivity contribution in [2.45, 2.75) is 32.4 Å². The van der Waals surface area contributed by atoms with Crippen LogP contribution in [0, 0.1) is 0 Å². The minimum Gasteiger partial charge on any atom is -0.382 e. The highest BCUT2D eigenvalue weighted by atomic mass is 32.1. The van der Waals surface area contributed by atoms with Crippen LogP contribution >= 0.6 is 11.3 Å². The van der Waals surface area contributed by atoms with Crippen molar-refractivity contribution in [3.63, 3.8) is 0 Å². The molecule has 0 unspecified atom stereocenters.